The molecule has 1 aliphatic rings. The van der Waals surface area contributed by atoms with Crippen molar-refractivity contribution in [2.45, 2.75) is 19.8 Å². The molecule has 24 heavy (non-hydrogen) atoms. The van der Waals surface area contributed by atoms with Gasteiger partial charge >= 0.3 is 0 Å². The van der Waals surface area contributed by atoms with Crippen molar-refractivity contribution in [3.05, 3.63) is 70.2 Å². The van der Waals surface area contributed by atoms with Crippen molar-refractivity contribution >= 4 is 23.3 Å². The Morgan fingerprint density at radius 3 is 2.29 bits per heavy atom. The third-order valence-electron chi connectivity index (χ3n) is 4.51. The maximum Gasteiger partial charge on any atom is 0.253 e. The Hall–Kier alpha value is -2.13. The second-order valence-electron chi connectivity index (χ2n) is 6.33. The molecular formula is C20H20ClNO2. The number of ketones is 1. The fourth-order valence-corrected chi connectivity index (χ4v) is 3.23. The maximum atomic E-state index is 12.7. The fraction of sp³-hybridized carbons (Fsp3) is 0.300. The summed E-state index contributed by atoms with van der Waals surface area (Å²) in [5.41, 5.74) is 2.47. The topological polar surface area (TPSA) is 37.4 Å². The second-order valence-corrected chi connectivity index (χ2v) is 6.76. The van der Waals surface area contributed by atoms with Crippen LogP contribution in [0.25, 0.3) is 0 Å². The van der Waals surface area contributed by atoms with Crippen molar-refractivity contribution in [3.8, 4) is 0 Å². The van der Waals surface area contributed by atoms with E-state index in [4.69, 9.17) is 11.6 Å². The van der Waals surface area contributed by atoms with E-state index in [9.17, 15) is 9.59 Å². The predicted molar refractivity (Wildman–Crippen MR) is 95.6 cm³/mol. The van der Waals surface area contributed by atoms with E-state index in [1.165, 1.54) is 0 Å². The minimum atomic E-state index is -0.144. The summed E-state index contributed by atoms with van der Waals surface area (Å²) in [5.74, 6) is -0.0500. The standard InChI is InChI=1S/C20H20ClNO2/c1-14-4-6-16(7-5-14)20(24)22-12-2-3-17(13-22)19(23)15-8-10-18(21)11-9-15/h4-11,17H,2-3,12-13H2,1H3. The van der Waals surface area contributed by atoms with Crippen LogP contribution < -0.4 is 0 Å². The van der Waals surface area contributed by atoms with Gasteiger partial charge in [0.25, 0.3) is 5.91 Å². The van der Waals surface area contributed by atoms with Gasteiger partial charge in [0.15, 0.2) is 5.78 Å². The van der Waals surface area contributed by atoms with Crippen LogP contribution in [-0.4, -0.2) is 29.7 Å². The second kappa shape index (κ2) is 7.18. The Bertz CT molecular complexity index is 674. The van der Waals surface area contributed by atoms with Crippen LogP contribution >= 0.6 is 11.6 Å². The zero-order valence-corrected chi connectivity index (χ0v) is 14.4. The molecule has 1 amide bonds. The lowest BCUT2D eigenvalue weighted by Gasteiger charge is -2.32. The van der Waals surface area contributed by atoms with Crippen LogP contribution in [0.2, 0.25) is 5.02 Å². The summed E-state index contributed by atoms with van der Waals surface area (Å²) >= 11 is 5.88. The van der Waals surface area contributed by atoms with Gasteiger partial charge in [-0.3, -0.25) is 9.59 Å². The molecule has 3 rings (SSSR count). The molecule has 1 heterocycles. The van der Waals surface area contributed by atoms with E-state index in [0.717, 1.165) is 18.4 Å². The molecule has 1 unspecified atom stereocenters. The summed E-state index contributed by atoms with van der Waals surface area (Å²) in [6.45, 7) is 3.18. The minimum Gasteiger partial charge on any atom is -0.338 e. The first-order chi connectivity index (χ1) is 11.5. The molecule has 3 nitrogen and oxygen atoms in total. The summed E-state index contributed by atoms with van der Waals surface area (Å²) in [5, 5.41) is 0.617. The van der Waals surface area contributed by atoms with Crippen LogP contribution in [0.3, 0.4) is 0 Å². The molecule has 0 aliphatic carbocycles. The predicted octanol–water partition coefficient (Wildman–Crippen LogP) is 4.38. The van der Waals surface area contributed by atoms with Crippen molar-refractivity contribution in [2.75, 3.05) is 13.1 Å². The molecule has 0 saturated carbocycles. The number of halogens is 1. The smallest absolute Gasteiger partial charge is 0.253 e. The Kier molecular flexibility index (Phi) is 5.00. The molecule has 0 N–H and O–H groups in total. The minimum absolute atomic E-state index is 0.00334. The number of likely N-dealkylation sites (tertiary alicyclic amines) is 1. The normalized spacial score (nSPS) is 17.6. The fourth-order valence-electron chi connectivity index (χ4n) is 3.10. The van der Waals surface area contributed by atoms with Crippen LogP contribution in [-0.2, 0) is 0 Å². The summed E-state index contributed by atoms with van der Waals surface area (Å²) in [7, 11) is 0. The van der Waals surface area contributed by atoms with Crippen LogP contribution in [0.5, 0.6) is 0 Å². The van der Waals surface area contributed by atoms with E-state index in [2.05, 4.69) is 0 Å². The first-order valence-corrected chi connectivity index (χ1v) is 8.58. The van der Waals surface area contributed by atoms with E-state index < -0.39 is 0 Å². The molecule has 0 bridgehead atoms. The van der Waals surface area contributed by atoms with Gasteiger partial charge in [0, 0.05) is 35.2 Å². The van der Waals surface area contributed by atoms with E-state index in [0.29, 0.717) is 29.2 Å². The van der Waals surface area contributed by atoms with Gasteiger partial charge in [-0.05, 0) is 56.2 Å². The molecule has 2 aromatic carbocycles. The number of piperidine rings is 1. The molecular weight excluding hydrogens is 322 g/mol. The molecule has 1 atom stereocenters. The Labute approximate surface area is 147 Å². The highest BCUT2D eigenvalue weighted by molar-refractivity contribution is 6.30. The number of carbonyl (C=O) groups is 2. The number of carbonyl (C=O) groups excluding carboxylic acids is 2. The lowest BCUT2D eigenvalue weighted by atomic mass is 9.89. The van der Waals surface area contributed by atoms with Gasteiger partial charge in [-0.15, -0.1) is 0 Å². The summed E-state index contributed by atoms with van der Waals surface area (Å²) in [6.07, 6.45) is 1.67. The maximum absolute atomic E-state index is 12.7. The Morgan fingerprint density at radius 1 is 1.00 bits per heavy atom. The van der Waals surface area contributed by atoms with Gasteiger partial charge in [-0.1, -0.05) is 29.3 Å². The molecule has 1 fully saturated rings. The number of aryl methyl sites for hydroxylation is 1. The van der Waals surface area contributed by atoms with Crippen molar-refractivity contribution in [1.82, 2.24) is 4.90 Å². The van der Waals surface area contributed by atoms with Crippen molar-refractivity contribution < 1.29 is 9.59 Å². The largest absolute Gasteiger partial charge is 0.338 e. The number of Topliss-reactive ketones (excluding diaryl/α,β-unsaturated/α-hetero) is 1. The summed E-state index contributed by atoms with van der Waals surface area (Å²) < 4.78 is 0. The molecule has 0 aromatic heterocycles. The number of rotatable bonds is 3. The van der Waals surface area contributed by atoms with Gasteiger partial charge < -0.3 is 4.90 Å². The molecule has 2 aromatic rings. The van der Waals surface area contributed by atoms with Gasteiger partial charge in [-0.25, -0.2) is 0 Å². The quantitative estimate of drug-likeness (QED) is 0.777. The summed E-state index contributed by atoms with van der Waals surface area (Å²) in [4.78, 5) is 27.1. The Balaban J connectivity index is 1.71. The lowest BCUT2D eigenvalue weighted by Crippen LogP contribution is -2.42. The number of nitrogens with zero attached hydrogens (tertiary/aromatic N) is 1. The molecule has 1 saturated heterocycles. The third-order valence-corrected chi connectivity index (χ3v) is 4.76. The summed E-state index contributed by atoms with van der Waals surface area (Å²) in [6, 6.07) is 14.5. The van der Waals surface area contributed by atoms with E-state index in [1.54, 1.807) is 29.2 Å². The van der Waals surface area contributed by atoms with Crippen LogP contribution in [0, 0.1) is 12.8 Å². The van der Waals surface area contributed by atoms with Crippen LogP contribution in [0.15, 0.2) is 48.5 Å². The average molecular weight is 342 g/mol. The molecule has 0 spiro atoms. The zero-order valence-electron chi connectivity index (χ0n) is 13.7. The highest BCUT2D eigenvalue weighted by Crippen LogP contribution is 2.23. The van der Waals surface area contributed by atoms with E-state index in [1.807, 2.05) is 31.2 Å². The molecule has 4 heteroatoms. The number of hydrogen-bond donors (Lipinski definition) is 0. The van der Waals surface area contributed by atoms with Crippen LogP contribution in [0.1, 0.15) is 39.1 Å². The van der Waals surface area contributed by atoms with E-state index in [-0.39, 0.29) is 17.6 Å². The SMILES string of the molecule is Cc1ccc(C(=O)N2CCCC(C(=O)c3ccc(Cl)cc3)C2)cc1. The van der Waals surface area contributed by atoms with E-state index >= 15 is 0 Å². The van der Waals surface area contributed by atoms with Gasteiger partial charge in [-0.2, -0.15) is 0 Å². The van der Waals surface area contributed by atoms with Crippen molar-refractivity contribution in [2.24, 2.45) is 5.92 Å². The van der Waals surface area contributed by atoms with Crippen molar-refractivity contribution in [1.29, 1.82) is 0 Å². The lowest BCUT2D eigenvalue weighted by molar-refractivity contribution is 0.0637. The molecule has 0 radical (unpaired) electrons. The van der Waals surface area contributed by atoms with Gasteiger partial charge in [0.05, 0.1) is 0 Å². The molecule has 1 aliphatic heterocycles. The zero-order chi connectivity index (χ0) is 17.1. The number of hydrogen-bond acceptors (Lipinski definition) is 2. The van der Waals surface area contributed by atoms with Crippen LogP contribution in [0.4, 0.5) is 0 Å². The van der Waals surface area contributed by atoms with Gasteiger partial charge in [0.1, 0.15) is 0 Å². The number of amides is 1. The third kappa shape index (κ3) is 3.68. The highest BCUT2D eigenvalue weighted by Gasteiger charge is 2.29. The van der Waals surface area contributed by atoms with Gasteiger partial charge in [0.2, 0.25) is 0 Å². The first kappa shape index (κ1) is 16.7. The average Bonchev–Trinajstić information content (AvgIpc) is 2.62. The molecule has 124 valence electrons. The van der Waals surface area contributed by atoms with Crippen molar-refractivity contribution in [3.63, 3.8) is 0 Å². The number of benzene rings is 2. The highest BCUT2D eigenvalue weighted by atomic mass is 35.5. The first-order valence-electron chi connectivity index (χ1n) is 8.20. The monoisotopic (exact) mass is 341 g/mol. The Morgan fingerprint density at radius 2 is 1.62 bits per heavy atom.